The zero-order valence-electron chi connectivity index (χ0n) is 23.5. The van der Waals surface area contributed by atoms with Gasteiger partial charge in [0.2, 0.25) is 17.7 Å². The predicted octanol–water partition coefficient (Wildman–Crippen LogP) is -6.11. The molecule has 0 aromatic rings. The Morgan fingerprint density at radius 1 is 0.690 bits per heavy atom. The Hall–Kier alpha value is -2.07. The number of carbonyl (C=O) groups excluding carboxylic acids is 3. The van der Waals surface area contributed by atoms with Crippen LogP contribution in [0, 0.1) is 0 Å². The molecule has 3 saturated heterocycles. The third kappa shape index (κ3) is 7.71. The van der Waals surface area contributed by atoms with Gasteiger partial charge < -0.3 is 75.4 Å². The van der Waals surface area contributed by atoms with E-state index in [0.717, 1.165) is 13.8 Å². The molecule has 3 rings (SSSR count). The van der Waals surface area contributed by atoms with Crippen molar-refractivity contribution in [2.45, 2.75) is 120 Å². The van der Waals surface area contributed by atoms with Crippen LogP contribution in [0.5, 0.6) is 0 Å². The molecule has 0 aromatic heterocycles. The molecule has 0 spiro atoms. The summed E-state index contributed by atoms with van der Waals surface area (Å²) in [6, 6.07) is -4.04. The second-order valence-electron chi connectivity index (χ2n) is 10.5. The van der Waals surface area contributed by atoms with Crippen molar-refractivity contribution in [3.05, 3.63) is 0 Å². The summed E-state index contributed by atoms with van der Waals surface area (Å²) >= 11 is 0. The summed E-state index contributed by atoms with van der Waals surface area (Å²) in [5, 5.41) is 79.8. The topological polar surface area (TPSA) is 275 Å². The summed E-state index contributed by atoms with van der Waals surface area (Å²) in [6.45, 7) is 3.26. The fourth-order valence-corrected chi connectivity index (χ4v) is 5.26. The Balaban J connectivity index is 1.98. The van der Waals surface area contributed by atoms with Crippen molar-refractivity contribution in [1.29, 1.82) is 0 Å². The van der Waals surface area contributed by atoms with Crippen LogP contribution in [0.4, 0.5) is 0 Å². The smallest absolute Gasteiger partial charge is 0.217 e. The zero-order chi connectivity index (χ0) is 31.5. The van der Waals surface area contributed by atoms with E-state index in [1.165, 1.54) is 13.8 Å². The first-order valence-electron chi connectivity index (χ1n) is 13.4. The third-order valence-corrected chi connectivity index (χ3v) is 7.18. The highest BCUT2D eigenvalue weighted by molar-refractivity contribution is 5.74. The van der Waals surface area contributed by atoms with E-state index in [2.05, 4.69) is 16.0 Å². The second kappa shape index (κ2) is 14.6. The van der Waals surface area contributed by atoms with Gasteiger partial charge in [0, 0.05) is 20.8 Å². The molecule has 3 aliphatic rings. The highest BCUT2D eigenvalue weighted by atomic mass is 16.7. The number of rotatable bonds is 10. The lowest BCUT2D eigenvalue weighted by atomic mass is 9.94. The van der Waals surface area contributed by atoms with Gasteiger partial charge in [-0.1, -0.05) is 0 Å². The van der Waals surface area contributed by atoms with Gasteiger partial charge in [0.25, 0.3) is 0 Å². The molecule has 18 nitrogen and oxygen atoms in total. The maximum Gasteiger partial charge on any atom is 0.217 e. The Bertz CT molecular complexity index is 943. The average Bonchev–Trinajstić information content (AvgIpc) is 3.20. The van der Waals surface area contributed by atoms with E-state index < -0.39 is 123 Å². The molecule has 0 aromatic carbocycles. The van der Waals surface area contributed by atoms with Gasteiger partial charge in [0.15, 0.2) is 18.9 Å². The first-order chi connectivity index (χ1) is 19.7. The lowest BCUT2D eigenvalue weighted by Gasteiger charge is -2.48. The minimum Gasteiger partial charge on any atom is -0.394 e. The van der Waals surface area contributed by atoms with Crippen LogP contribution in [-0.4, -0.2) is 159 Å². The Morgan fingerprint density at radius 2 is 1.14 bits per heavy atom. The van der Waals surface area contributed by atoms with Crippen molar-refractivity contribution < 1.29 is 73.8 Å². The molecule has 0 unspecified atom stereocenters. The van der Waals surface area contributed by atoms with Crippen molar-refractivity contribution in [2.75, 3.05) is 13.2 Å². The fraction of sp³-hybridized carbons (Fsp3) is 0.875. The van der Waals surface area contributed by atoms with Crippen LogP contribution < -0.4 is 16.0 Å². The molecular weight excluding hydrogens is 570 g/mol. The lowest BCUT2D eigenvalue weighted by Crippen LogP contribution is -2.70. The summed E-state index contributed by atoms with van der Waals surface area (Å²) in [5.41, 5.74) is 0. The van der Waals surface area contributed by atoms with Crippen LogP contribution in [0.25, 0.3) is 0 Å². The third-order valence-electron chi connectivity index (χ3n) is 7.18. The molecule has 0 radical (unpaired) electrons. The maximum atomic E-state index is 12.3. The standard InChI is InChI=1S/C24H41N3O15/c1-7(30)19-21(14(22(37)40-19)26-9(3)32)42-24-15(27-10(4)33)20(17(35)12(6-29)39-24)41-23-13(25-8(2)31)18(36)16(34)11(5-28)38-23/h7,11-24,28-30,34-37H,5-6H2,1-4H3,(H,25,31)(H,26,32)(H,27,33)/t7-,11+,12+,13+,14-,15+,16+,17-,18+,19+,20+,21-,22-,23-,24+/m0/s1. The molecule has 18 heteroatoms. The molecule has 3 heterocycles. The summed E-state index contributed by atoms with van der Waals surface area (Å²) in [7, 11) is 0. The second-order valence-corrected chi connectivity index (χ2v) is 10.5. The molecular formula is C24H41N3O15. The molecule has 0 bridgehead atoms. The number of aliphatic hydroxyl groups excluding tert-OH is 7. The van der Waals surface area contributed by atoms with Crippen molar-refractivity contribution in [3.63, 3.8) is 0 Å². The Morgan fingerprint density at radius 3 is 1.64 bits per heavy atom. The van der Waals surface area contributed by atoms with Gasteiger partial charge in [-0.2, -0.15) is 0 Å². The van der Waals surface area contributed by atoms with Gasteiger partial charge in [-0.3, -0.25) is 14.4 Å². The maximum absolute atomic E-state index is 12.3. The summed E-state index contributed by atoms with van der Waals surface area (Å²) < 4.78 is 28.8. The van der Waals surface area contributed by atoms with Crippen LogP contribution in [0.15, 0.2) is 0 Å². The minimum absolute atomic E-state index is 0.562. The van der Waals surface area contributed by atoms with Crippen LogP contribution >= 0.6 is 0 Å². The van der Waals surface area contributed by atoms with Gasteiger partial charge in [-0.25, -0.2) is 0 Å². The number of hydrogen-bond acceptors (Lipinski definition) is 15. The van der Waals surface area contributed by atoms with E-state index in [0.29, 0.717) is 0 Å². The SMILES string of the molecule is CC(=O)N[C@H]1[C@H](O[C@H]2[C@@H](O)[C@@H](CO)O[C@H](O[C@H]3[C@H](NC(C)=O)[C@@H](O)O[C@@H]3[C@H](C)O)[C@@H]2NC(C)=O)O[C@H](CO)[C@@H](O)[C@@H]1O. The van der Waals surface area contributed by atoms with Gasteiger partial charge >= 0.3 is 0 Å². The van der Waals surface area contributed by atoms with Gasteiger partial charge in [0.1, 0.15) is 67.0 Å². The molecule has 42 heavy (non-hydrogen) atoms. The average molecular weight is 612 g/mol. The monoisotopic (exact) mass is 611 g/mol. The number of ether oxygens (including phenoxy) is 5. The normalized spacial score (nSPS) is 42.9. The van der Waals surface area contributed by atoms with Gasteiger partial charge in [-0.05, 0) is 6.92 Å². The number of aliphatic hydroxyl groups is 7. The fourth-order valence-electron chi connectivity index (χ4n) is 5.26. The minimum atomic E-state index is -1.69. The molecule has 10 N–H and O–H groups in total. The highest BCUT2D eigenvalue weighted by Crippen LogP contribution is 2.33. The summed E-state index contributed by atoms with van der Waals surface area (Å²) in [5.74, 6) is -1.85. The summed E-state index contributed by atoms with van der Waals surface area (Å²) in [4.78, 5) is 35.9. The van der Waals surface area contributed by atoms with Crippen LogP contribution in [-0.2, 0) is 38.1 Å². The van der Waals surface area contributed by atoms with E-state index in [1.54, 1.807) is 0 Å². The van der Waals surface area contributed by atoms with Crippen LogP contribution in [0.3, 0.4) is 0 Å². The predicted molar refractivity (Wildman–Crippen MR) is 135 cm³/mol. The highest BCUT2D eigenvalue weighted by Gasteiger charge is 2.55. The van der Waals surface area contributed by atoms with E-state index in [4.69, 9.17) is 23.7 Å². The number of amides is 3. The zero-order valence-corrected chi connectivity index (χ0v) is 23.5. The number of nitrogens with one attached hydrogen (secondary N) is 3. The Labute approximate surface area is 240 Å². The van der Waals surface area contributed by atoms with E-state index in [9.17, 15) is 50.1 Å². The van der Waals surface area contributed by atoms with Gasteiger partial charge in [0.05, 0.1) is 19.3 Å². The molecule has 0 aliphatic carbocycles. The van der Waals surface area contributed by atoms with Crippen molar-refractivity contribution >= 4 is 17.7 Å². The van der Waals surface area contributed by atoms with Crippen molar-refractivity contribution in [3.8, 4) is 0 Å². The van der Waals surface area contributed by atoms with Gasteiger partial charge in [-0.15, -0.1) is 0 Å². The molecule has 3 amide bonds. The molecule has 3 aliphatic heterocycles. The van der Waals surface area contributed by atoms with E-state index in [1.807, 2.05) is 0 Å². The molecule has 242 valence electrons. The van der Waals surface area contributed by atoms with Crippen molar-refractivity contribution in [2.24, 2.45) is 0 Å². The first-order valence-corrected chi connectivity index (χ1v) is 13.4. The summed E-state index contributed by atoms with van der Waals surface area (Å²) in [6.07, 6.45) is -17.9. The largest absolute Gasteiger partial charge is 0.394 e. The lowest BCUT2D eigenvalue weighted by molar-refractivity contribution is -0.334. The number of carbonyl (C=O) groups is 3. The Kier molecular flexibility index (Phi) is 12.0. The van der Waals surface area contributed by atoms with Crippen molar-refractivity contribution in [1.82, 2.24) is 16.0 Å². The van der Waals surface area contributed by atoms with E-state index >= 15 is 0 Å². The first kappa shape index (κ1) is 34.4. The van der Waals surface area contributed by atoms with E-state index in [-0.39, 0.29) is 0 Å². The molecule has 3 fully saturated rings. The number of hydrogen-bond donors (Lipinski definition) is 10. The quantitative estimate of drug-likeness (QED) is 0.110. The van der Waals surface area contributed by atoms with Crippen LogP contribution in [0.2, 0.25) is 0 Å². The molecule has 15 atom stereocenters. The van der Waals surface area contributed by atoms with Crippen LogP contribution in [0.1, 0.15) is 27.7 Å². The molecule has 0 saturated carbocycles.